The highest BCUT2D eigenvalue weighted by atomic mass is 16.6. The number of hydrogen-bond donors (Lipinski definition) is 1. The van der Waals surface area contributed by atoms with Crippen LogP contribution < -0.4 is 4.74 Å². The Morgan fingerprint density at radius 1 is 0.829 bits per heavy atom. The average Bonchev–Trinajstić information content (AvgIpc) is 2.81. The van der Waals surface area contributed by atoms with E-state index in [1.807, 2.05) is 0 Å². The molecule has 0 radical (unpaired) electrons. The van der Waals surface area contributed by atoms with Gasteiger partial charge in [0.1, 0.15) is 17.2 Å². The van der Waals surface area contributed by atoms with Crippen molar-refractivity contribution < 1.29 is 19.2 Å². The molecular formula is C27H41N4O4+. The fourth-order valence-corrected chi connectivity index (χ4v) is 3.72. The van der Waals surface area contributed by atoms with Crippen LogP contribution in [0, 0.1) is 10.1 Å². The van der Waals surface area contributed by atoms with Crippen LogP contribution >= 0.6 is 0 Å². The molecule has 0 spiro atoms. The fraction of sp³-hybridized carbons (Fsp3) is 0.556. The largest absolute Gasteiger partial charge is 0.505 e. The topological polar surface area (TPSA) is 97.3 Å². The first kappa shape index (κ1) is 28.2. The highest BCUT2D eigenvalue weighted by Crippen LogP contribution is 2.32. The summed E-state index contributed by atoms with van der Waals surface area (Å²) >= 11 is 0. The number of hydrogen-bond acceptors (Lipinski definition) is 6. The molecule has 8 nitrogen and oxygen atoms in total. The Labute approximate surface area is 209 Å². The molecular weight excluding hydrogens is 444 g/mol. The molecule has 0 fully saturated rings. The van der Waals surface area contributed by atoms with Crippen molar-refractivity contribution in [2.24, 2.45) is 10.2 Å². The summed E-state index contributed by atoms with van der Waals surface area (Å²) in [6.07, 6.45) is 12.7. The van der Waals surface area contributed by atoms with Crippen molar-refractivity contribution in [1.82, 2.24) is 0 Å². The number of azo groups is 1. The van der Waals surface area contributed by atoms with Crippen LogP contribution in [0.15, 0.2) is 52.7 Å². The number of benzene rings is 2. The monoisotopic (exact) mass is 485 g/mol. The minimum Gasteiger partial charge on any atom is -0.505 e. The number of nitro groups is 1. The molecule has 0 saturated carbocycles. The lowest BCUT2D eigenvalue weighted by Gasteiger charge is -2.23. The van der Waals surface area contributed by atoms with Crippen LogP contribution in [0.2, 0.25) is 0 Å². The van der Waals surface area contributed by atoms with Crippen LogP contribution in [0.5, 0.6) is 11.5 Å². The van der Waals surface area contributed by atoms with E-state index >= 15 is 0 Å². The summed E-state index contributed by atoms with van der Waals surface area (Å²) < 4.78 is 6.81. The van der Waals surface area contributed by atoms with Crippen molar-refractivity contribution in [3.63, 3.8) is 0 Å². The van der Waals surface area contributed by atoms with Gasteiger partial charge in [0.2, 0.25) is 0 Å². The number of non-ortho nitro benzene ring substituents is 1. The minimum absolute atomic E-state index is 0.00897. The molecule has 2 aromatic carbocycles. The predicted molar refractivity (Wildman–Crippen MR) is 140 cm³/mol. The Kier molecular flexibility index (Phi) is 12.2. The Bertz CT molecular complexity index is 924. The lowest BCUT2D eigenvalue weighted by atomic mass is 10.1. The van der Waals surface area contributed by atoms with Gasteiger partial charge in [0.05, 0.1) is 44.9 Å². The van der Waals surface area contributed by atoms with Crippen molar-refractivity contribution >= 4 is 17.1 Å². The highest BCUT2D eigenvalue weighted by molar-refractivity contribution is 5.54. The summed E-state index contributed by atoms with van der Waals surface area (Å²) in [5.74, 6) is 0.577. The van der Waals surface area contributed by atoms with Gasteiger partial charge in [0, 0.05) is 18.2 Å². The maximum absolute atomic E-state index is 10.7. The molecule has 0 aliphatic heterocycles. The number of quaternary nitrogens is 1. The van der Waals surface area contributed by atoms with E-state index in [1.54, 1.807) is 12.1 Å². The number of nitro benzene ring substituents is 1. The molecule has 0 aliphatic rings. The summed E-state index contributed by atoms with van der Waals surface area (Å²) in [5.41, 5.74) is 0.764. The molecule has 0 saturated heterocycles. The Morgan fingerprint density at radius 3 is 1.94 bits per heavy atom. The summed E-state index contributed by atoms with van der Waals surface area (Å²) in [6.45, 7) is 1.89. The second-order valence-corrected chi connectivity index (χ2v) is 10.0. The van der Waals surface area contributed by atoms with E-state index in [2.05, 4.69) is 31.4 Å². The van der Waals surface area contributed by atoms with Gasteiger partial charge in [-0.25, -0.2) is 0 Å². The number of ether oxygens (including phenoxy) is 1. The van der Waals surface area contributed by atoms with Crippen LogP contribution in [-0.4, -0.2) is 48.8 Å². The summed E-state index contributed by atoms with van der Waals surface area (Å²) in [7, 11) is 6.77. The molecule has 35 heavy (non-hydrogen) atoms. The Morgan fingerprint density at radius 2 is 1.40 bits per heavy atom. The zero-order valence-corrected chi connectivity index (χ0v) is 21.5. The van der Waals surface area contributed by atoms with Gasteiger partial charge in [-0.2, -0.15) is 5.11 Å². The van der Waals surface area contributed by atoms with E-state index < -0.39 is 4.92 Å². The fourth-order valence-electron chi connectivity index (χ4n) is 3.72. The smallest absolute Gasteiger partial charge is 0.269 e. The van der Waals surface area contributed by atoms with Gasteiger partial charge < -0.3 is 14.3 Å². The molecule has 0 aromatic heterocycles. The van der Waals surface area contributed by atoms with Crippen LogP contribution in [-0.2, 0) is 0 Å². The third-order valence-corrected chi connectivity index (χ3v) is 5.77. The minimum atomic E-state index is -0.469. The second-order valence-electron chi connectivity index (χ2n) is 10.0. The number of nitrogens with zero attached hydrogens (tertiary/aromatic N) is 4. The first-order valence-corrected chi connectivity index (χ1v) is 12.7. The van der Waals surface area contributed by atoms with Crippen LogP contribution in [0.1, 0.15) is 64.2 Å². The summed E-state index contributed by atoms with van der Waals surface area (Å²) in [4.78, 5) is 10.2. The molecule has 0 heterocycles. The molecule has 1 N–H and O–H groups in total. The molecule has 2 rings (SSSR count). The summed E-state index contributed by atoms with van der Waals surface area (Å²) in [6, 6.07) is 10.7. The van der Waals surface area contributed by atoms with Crippen molar-refractivity contribution in [3.8, 4) is 11.5 Å². The third-order valence-electron chi connectivity index (χ3n) is 5.77. The second kappa shape index (κ2) is 15.1. The van der Waals surface area contributed by atoms with Crippen molar-refractivity contribution in [2.75, 3.05) is 34.3 Å². The number of unbranched alkanes of at least 4 members (excludes halogenated alkanes) is 9. The molecule has 192 valence electrons. The average molecular weight is 486 g/mol. The Hall–Kier alpha value is -3.00. The van der Waals surface area contributed by atoms with Gasteiger partial charge in [-0.05, 0) is 43.5 Å². The number of phenols is 1. The van der Waals surface area contributed by atoms with E-state index in [0.717, 1.165) is 17.3 Å². The summed E-state index contributed by atoms with van der Waals surface area (Å²) in [5, 5.41) is 28.9. The van der Waals surface area contributed by atoms with Gasteiger partial charge in [-0.15, -0.1) is 5.11 Å². The molecule has 0 aliphatic carbocycles. The van der Waals surface area contributed by atoms with Crippen LogP contribution in [0.3, 0.4) is 0 Å². The first-order chi connectivity index (χ1) is 16.7. The molecule has 0 atom stereocenters. The van der Waals surface area contributed by atoms with E-state index in [9.17, 15) is 15.2 Å². The van der Waals surface area contributed by atoms with E-state index in [1.165, 1.54) is 88.2 Å². The standard InChI is InChI=1S/C27H40N4O4/c1-31(2,3)20-12-10-8-6-4-5-7-9-11-13-21-35-25-18-19-26(27(32)22-25)29-28-23-14-16-24(17-15-23)30(33)34/h14-19,22H,4-13,20-21H2,1-3H3/p+1. The van der Waals surface area contributed by atoms with Crippen LogP contribution in [0.4, 0.5) is 17.1 Å². The van der Waals surface area contributed by atoms with Crippen molar-refractivity contribution in [2.45, 2.75) is 64.2 Å². The maximum Gasteiger partial charge on any atom is 0.269 e. The van der Waals surface area contributed by atoms with E-state index in [-0.39, 0.29) is 11.4 Å². The number of phenolic OH excluding ortho intramolecular Hbond substituents is 1. The number of aromatic hydroxyl groups is 1. The van der Waals surface area contributed by atoms with Crippen LogP contribution in [0.25, 0.3) is 0 Å². The molecule has 0 unspecified atom stereocenters. The highest BCUT2D eigenvalue weighted by Gasteiger charge is 2.06. The van der Waals surface area contributed by atoms with Gasteiger partial charge in [-0.1, -0.05) is 44.9 Å². The van der Waals surface area contributed by atoms with Crippen molar-refractivity contribution in [1.29, 1.82) is 0 Å². The zero-order valence-electron chi connectivity index (χ0n) is 21.5. The third kappa shape index (κ3) is 12.3. The van der Waals surface area contributed by atoms with Gasteiger partial charge in [0.25, 0.3) is 5.69 Å². The maximum atomic E-state index is 10.7. The SMILES string of the molecule is C[N+](C)(C)CCCCCCCCCCCCOc1ccc(N=Nc2ccc([N+](=O)[O-])cc2)c(O)c1. The predicted octanol–water partition coefficient (Wildman–Crippen LogP) is 7.70. The quantitative estimate of drug-likeness (QED) is 0.0816. The number of rotatable bonds is 17. The van der Waals surface area contributed by atoms with Gasteiger partial charge in [0.15, 0.2) is 0 Å². The van der Waals surface area contributed by atoms with E-state index in [4.69, 9.17) is 4.74 Å². The van der Waals surface area contributed by atoms with Gasteiger partial charge >= 0.3 is 0 Å². The molecule has 0 bridgehead atoms. The molecule has 0 amide bonds. The van der Waals surface area contributed by atoms with Crippen molar-refractivity contribution in [3.05, 3.63) is 52.6 Å². The van der Waals surface area contributed by atoms with Gasteiger partial charge in [-0.3, -0.25) is 10.1 Å². The molecule has 2 aromatic rings. The van der Waals surface area contributed by atoms with E-state index in [0.29, 0.717) is 23.7 Å². The zero-order chi connectivity index (χ0) is 25.5. The molecule has 8 heteroatoms. The lowest BCUT2D eigenvalue weighted by molar-refractivity contribution is -0.870. The lowest BCUT2D eigenvalue weighted by Crippen LogP contribution is -2.35. The Balaban J connectivity index is 1.55. The normalized spacial score (nSPS) is 11.7. The first-order valence-electron chi connectivity index (χ1n) is 12.7.